The number of nitrogen functional groups attached to an aromatic ring is 2. The Balaban J connectivity index is 1.93. The van der Waals surface area contributed by atoms with E-state index < -0.39 is 0 Å². The number of para-hydroxylation sites is 1. The molecule has 2 heterocycles. The second-order valence-electron chi connectivity index (χ2n) is 5.59. The molecular weight excluding hydrogens is 292 g/mol. The number of hydrogen-bond acceptors (Lipinski definition) is 6. The number of rotatable bonds is 2. The van der Waals surface area contributed by atoms with Crippen molar-refractivity contribution in [1.82, 2.24) is 9.97 Å². The highest BCUT2D eigenvalue weighted by Crippen LogP contribution is 2.44. The van der Waals surface area contributed by atoms with Crippen molar-refractivity contribution in [1.29, 1.82) is 0 Å². The van der Waals surface area contributed by atoms with Crippen molar-refractivity contribution in [3.8, 4) is 17.2 Å². The van der Waals surface area contributed by atoms with E-state index in [0.717, 1.165) is 17.7 Å². The Morgan fingerprint density at radius 3 is 2.74 bits per heavy atom. The Kier molecular flexibility index (Phi) is 2.97. The van der Waals surface area contributed by atoms with Crippen LogP contribution in [-0.2, 0) is 6.42 Å². The fourth-order valence-corrected chi connectivity index (χ4v) is 2.89. The lowest BCUT2D eigenvalue weighted by Gasteiger charge is -2.13. The third kappa shape index (κ3) is 2.28. The zero-order chi connectivity index (χ0) is 16.0. The van der Waals surface area contributed by atoms with Gasteiger partial charge >= 0.3 is 0 Å². The van der Waals surface area contributed by atoms with Gasteiger partial charge in [-0.25, -0.2) is 4.98 Å². The molecule has 0 spiro atoms. The summed E-state index contributed by atoms with van der Waals surface area (Å²) < 4.78 is 12.0. The van der Waals surface area contributed by atoms with Crippen LogP contribution in [0, 0.1) is 0 Å². The van der Waals surface area contributed by atoms with Crippen LogP contribution in [0.3, 0.4) is 0 Å². The van der Waals surface area contributed by atoms with E-state index in [1.54, 1.807) is 0 Å². The second kappa shape index (κ2) is 5.01. The van der Waals surface area contributed by atoms with Gasteiger partial charge in [-0.3, -0.25) is 0 Å². The highest BCUT2D eigenvalue weighted by atomic mass is 16.5. The molecular formula is C17H16N4O2. The fraction of sp³-hybridized carbons (Fsp3) is 0.176. The standard InChI is InChI=1S/C17H16N4O2/c1-9-7-11-13(23-10-5-3-2-4-6-10)8-12-14(15(11)22-9)16(18)21-17(19)20-12/h2-6,8-9H,7H2,1H3,(H4,18,19,20,21). The summed E-state index contributed by atoms with van der Waals surface area (Å²) in [6.07, 6.45) is 0.794. The number of aromatic nitrogens is 2. The molecule has 1 aromatic heterocycles. The first-order valence-corrected chi connectivity index (χ1v) is 7.40. The third-order valence-corrected chi connectivity index (χ3v) is 3.83. The van der Waals surface area contributed by atoms with Gasteiger partial charge in [0.2, 0.25) is 5.95 Å². The van der Waals surface area contributed by atoms with E-state index >= 15 is 0 Å². The monoisotopic (exact) mass is 308 g/mol. The molecule has 2 aromatic carbocycles. The summed E-state index contributed by atoms with van der Waals surface area (Å²) in [4.78, 5) is 8.31. The topological polar surface area (TPSA) is 96.3 Å². The van der Waals surface area contributed by atoms with Gasteiger partial charge in [-0.2, -0.15) is 4.98 Å². The Bertz CT molecular complexity index is 896. The fourth-order valence-electron chi connectivity index (χ4n) is 2.89. The van der Waals surface area contributed by atoms with Crippen LogP contribution in [0.15, 0.2) is 36.4 Å². The zero-order valence-electron chi connectivity index (χ0n) is 12.6. The van der Waals surface area contributed by atoms with Crippen molar-refractivity contribution in [2.24, 2.45) is 0 Å². The van der Waals surface area contributed by atoms with Gasteiger partial charge in [0.1, 0.15) is 29.2 Å². The third-order valence-electron chi connectivity index (χ3n) is 3.83. The minimum atomic E-state index is 0.0469. The molecule has 1 aliphatic rings. The number of ether oxygens (including phenoxy) is 2. The number of benzene rings is 2. The predicted octanol–water partition coefficient (Wildman–Crippen LogP) is 2.91. The summed E-state index contributed by atoms with van der Waals surface area (Å²) in [5.41, 5.74) is 13.3. The van der Waals surface area contributed by atoms with Gasteiger partial charge in [-0.1, -0.05) is 18.2 Å². The van der Waals surface area contributed by atoms with Crippen LogP contribution in [0.2, 0.25) is 0 Å². The zero-order valence-corrected chi connectivity index (χ0v) is 12.6. The van der Waals surface area contributed by atoms with Gasteiger partial charge < -0.3 is 20.9 Å². The van der Waals surface area contributed by atoms with Crippen molar-refractivity contribution < 1.29 is 9.47 Å². The first kappa shape index (κ1) is 13.6. The first-order chi connectivity index (χ1) is 11.1. The lowest BCUT2D eigenvalue weighted by Crippen LogP contribution is -2.06. The predicted molar refractivity (Wildman–Crippen MR) is 88.7 cm³/mol. The van der Waals surface area contributed by atoms with E-state index in [0.29, 0.717) is 28.2 Å². The Morgan fingerprint density at radius 2 is 1.96 bits per heavy atom. The van der Waals surface area contributed by atoms with Gasteiger partial charge in [0.25, 0.3) is 0 Å². The van der Waals surface area contributed by atoms with Crippen molar-refractivity contribution in [2.75, 3.05) is 11.5 Å². The maximum absolute atomic E-state index is 6.04. The molecule has 6 nitrogen and oxygen atoms in total. The minimum Gasteiger partial charge on any atom is -0.489 e. The lowest BCUT2D eigenvalue weighted by atomic mass is 10.1. The molecule has 1 aliphatic heterocycles. The molecule has 0 saturated carbocycles. The number of nitrogens with two attached hydrogens (primary N) is 2. The van der Waals surface area contributed by atoms with Crippen LogP contribution in [0.1, 0.15) is 12.5 Å². The molecule has 0 radical (unpaired) electrons. The number of anilines is 2. The van der Waals surface area contributed by atoms with Crippen LogP contribution in [0.25, 0.3) is 10.9 Å². The summed E-state index contributed by atoms with van der Waals surface area (Å²) in [7, 11) is 0. The second-order valence-corrected chi connectivity index (χ2v) is 5.59. The normalized spacial score (nSPS) is 16.1. The Morgan fingerprint density at radius 1 is 1.17 bits per heavy atom. The van der Waals surface area contributed by atoms with E-state index in [9.17, 15) is 0 Å². The molecule has 4 rings (SSSR count). The van der Waals surface area contributed by atoms with E-state index in [1.165, 1.54) is 0 Å². The highest BCUT2D eigenvalue weighted by molar-refractivity contribution is 5.97. The molecule has 116 valence electrons. The molecule has 0 amide bonds. The summed E-state index contributed by atoms with van der Waals surface area (Å²) >= 11 is 0. The molecule has 3 aromatic rings. The highest BCUT2D eigenvalue weighted by Gasteiger charge is 2.28. The summed E-state index contributed by atoms with van der Waals surface area (Å²) in [5, 5.41) is 0.693. The maximum atomic E-state index is 6.04. The Labute approximate surface area is 133 Å². The average Bonchev–Trinajstić information content (AvgIpc) is 2.89. The van der Waals surface area contributed by atoms with Crippen LogP contribution in [0.4, 0.5) is 11.8 Å². The first-order valence-electron chi connectivity index (χ1n) is 7.40. The van der Waals surface area contributed by atoms with E-state index in [1.807, 2.05) is 43.3 Å². The van der Waals surface area contributed by atoms with E-state index in [-0.39, 0.29) is 12.1 Å². The van der Waals surface area contributed by atoms with Crippen molar-refractivity contribution in [3.05, 3.63) is 42.0 Å². The molecule has 0 saturated heterocycles. The molecule has 0 fully saturated rings. The van der Waals surface area contributed by atoms with Crippen molar-refractivity contribution in [2.45, 2.75) is 19.4 Å². The number of nitrogens with zero attached hydrogens (tertiary/aromatic N) is 2. The average molecular weight is 308 g/mol. The molecule has 6 heteroatoms. The molecule has 4 N–H and O–H groups in total. The summed E-state index contributed by atoms with van der Waals surface area (Å²) in [5.74, 6) is 2.61. The smallest absolute Gasteiger partial charge is 0.222 e. The van der Waals surface area contributed by atoms with Crippen molar-refractivity contribution in [3.63, 3.8) is 0 Å². The summed E-state index contributed by atoms with van der Waals surface area (Å²) in [6, 6.07) is 11.4. The molecule has 23 heavy (non-hydrogen) atoms. The van der Waals surface area contributed by atoms with Crippen LogP contribution < -0.4 is 20.9 Å². The summed E-state index contributed by atoms with van der Waals surface area (Å²) in [6.45, 7) is 2.01. The van der Waals surface area contributed by atoms with E-state index in [4.69, 9.17) is 20.9 Å². The molecule has 1 atom stereocenters. The van der Waals surface area contributed by atoms with Crippen molar-refractivity contribution >= 4 is 22.7 Å². The van der Waals surface area contributed by atoms with Crippen LogP contribution in [0.5, 0.6) is 17.2 Å². The molecule has 0 aliphatic carbocycles. The number of fused-ring (bicyclic) bond motifs is 3. The molecule has 1 unspecified atom stereocenters. The SMILES string of the molecule is CC1Cc2c(Oc3ccccc3)cc3nc(N)nc(N)c3c2O1. The quantitative estimate of drug-likeness (QED) is 0.755. The molecule has 0 bridgehead atoms. The van der Waals surface area contributed by atoms with Gasteiger partial charge in [0.05, 0.1) is 10.9 Å². The lowest BCUT2D eigenvalue weighted by molar-refractivity contribution is 0.257. The van der Waals surface area contributed by atoms with E-state index in [2.05, 4.69) is 9.97 Å². The largest absolute Gasteiger partial charge is 0.489 e. The minimum absolute atomic E-state index is 0.0469. The maximum Gasteiger partial charge on any atom is 0.222 e. The Hall–Kier alpha value is -3.02. The van der Waals surface area contributed by atoms with Crippen LogP contribution in [-0.4, -0.2) is 16.1 Å². The van der Waals surface area contributed by atoms with Gasteiger partial charge in [0, 0.05) is 18.1 Å². The van der Waals surface area contributed by atoms with Gasteiger partial charge in [-0.05, 0) is 19.1 Å². The van der Waals surface area contributed by atoms with Crippen LogP contribution >= 0.6 is 0 Å². The van der Waals surface area contributed by atoms with Gasteiger partial charge in [0.15, 0.2) is 0 Å². The number of hydrogen-bond donors (Lipinski definition) is 2. The van der Waals surface area contributed by atoms with Gasteiger partial charge in [-0.15, -0.1) is 0 Å².